The van der Waals surface area contributed by atoms with Crippen molar-refractivity contribution in [2.75, 3.05) is 6.61 Å². The van der Waals surface area contributed by atoms with Gasteiger partial charge in [-0.1, -0.05) is 18.9 Å². The van der Waals surface area contributed by atoms with Crippen molar-refractivity contribution in [2.45, 2.75) is 38.5 Å². The Labute approximate surface area is 102 Å². The van der Waals surface area contributed by atoms with Gasteiger partial charge in [0.2, 0.25) is 0 Å². The van der Waals surface area contributed by atoms with Crippen LogP contribution in [0.5, 0.6) is 0 Å². The molecule has 3 nitrogen and oxygen atoms in total. The number of nitrogens with zero attached hydrogens (tertiary/aromatic N) is 1. The Kier molecular flexibility index (Phi) is 4.13. The van der Waals surface area contributed by atoms with E-state index in [2.05, 4.69) is 4.98 Å². The van der Waals surface area contributed by atoms with E-state index in [1.807, 2.05) is 25.1 Å². The van der Waals surface area contributed by atoms with Gasteiger partial charge >= 0.3 is 5.97 Å². The Balaban J connectivity index is 2.20. The van der Waals surface area contributed by atoms with E-state index in [0.717, 1.165) is 18.5 Å². The third-order valence-corrected chi connectivity index (χ3v) is 3.42. The molecule has 0 saturated heterocycles. The number of hydrogen-bond donors (Lipinski definition) is 0. The van der Waals surface area contributed by atoms with E-state index in [4.69, 9.17) is 4.74 Å². The summed E-state index contributed by atoms with van der Waals surface area (Å²) in [5, 5.41) is 0. The Bertz CT molecular complexity index is 358. The molecule has 1 fully saturated rings. The van der Waals surface area contributed by atoms with Crippen molar-refractivity contribution in [1.29, 1.82) is 0 Å². The molecule has 17 heavy (non-hydrogen) atoms. The van der Waals surface area contributed by atoms with Crippen molar-refractivity contribution in [3.8, 4) is 0 Å². The largest absolute Gasteiger partial charge is 0.465 e. The summed E-state index contributed by atoms with van der Waals surface area (Å²) in [5.74, 6) is 0.126. The van der Waals surface area contributed by atoms with Gasteiger partial charge in [0.1, 0.15) is 5.92 Å². The number of hydrogen-bond acceptors (Lipinski definition) is 3. The molecule has 1 saturated carbocycles. The highest BCUT2D eigenvalue weighted by Gasteiger charge is 2.33. The van der Waals surface area contributed by atoms with Crippen LogP contribution in [0.4, 0.5) is 0 Å². The Morgan fingerprint density at radius 3 is 2.82 bits per heavy atom. The molecule has 1 aromatic heterocycles. The highest BCUT2D eigenvalue weighted by Crippen LogP contribution is 2.37. The lowest BCUT2D eigenvalue weighted by Crippen LogP contribution is -2.23. The van der Waals surface area contributed by atoms with Gasteiger partial charge in [0.05, 0.1) is 12.3 Å². The lowest BCUT2D eigenvalue weighted by Gasteiger charge is -2.20. The van der Waals surface area contributed by atoms with Gasteiger partial charge in [-0.15, -0.1) is 0 Å². The number of carbonyl (C=O) groups excluding carboxylic acids is 1. The standard InChI is InChI=1S/C14H19NO2/c1-2-17-14(16)13(11-7-3-4-8-11)12-9-5-6-10-15-12/h5-6,9-11,13H,2-4,7-8H2,1H3. The van der Waals surface area contributed by atoms with E-state index in [-0.39, 0.29) is 11.9 Å². The van der Waals surface area contributed by atoms with E-state index in [0.29, 0.717) is 12.5 Å². The predicted octanol–water partition coefficient (Wildman–Crippen LogP) is 2.92. The average molecular weight is 233 g/mol. The minimum Gasteiger partial charge on any atom is -0.465 e. The number of aromatic nitrogens is 1. The van der Waals surface area contributed by atoms with Crippen LogP contribution in [0.2, 0.25) is 0 Å². The van der Waals surface area contributed by atoms with Crippen LogP contribution >= 0.6 is 0 Å². The minimum atomic E-state index is -0.168. The molecule has 2 rings (SSSR count). The molecule has 0 spiro atoms. The fourth-order valence-corrected chi connectivity index (χ4v) is 2.64. The molecule has 92 valence electrons. The second kappa shape index (κ2) is 5.80. The maximum absolute atomic E-state index is 12.1. The van der Waals surface area contributed by atoms with Crippen LogP contribution in [0, 0.1) is 5.92 Å². The van der Waals surface area contributed by atoms with Gasteiger partial charge in [-0.2, -0.15) is 0 Å². The van der Waals surface area contributed by atoms with E-state index in [9.17, 15) is 4.79 Å². The number of pyridine rings is 1. The quantitative estimate of drug-likeness (QED) is 0.751. The van der Waals surface area contributed by atoms with Gasteiger partial charge in [0.25, 0.3) is 0 Å². The maximum atomic E-state index is 12.1. The summed E-state index contributed by atoms with van der Waals surface area (Å²) in [6.45, 7) is 2.29. The highest BCUT2D eigenvalue weighted by atomic mass is 16.5. The normalized spacial score (nSPS) is 17.9. The molecule has 0 bridgehead atoms. The lowest BCUT2D eigenvalue weighted by atomic mass is 9.88. The smallest absolute Gasteiger partial charge is 0.315 e. The topological polar surface area (TPSA) is 39.2 Å². The third-order valence-electron chi connectivity index (χ3n) is 3.42. The molecule has 1 aliphatic rings. The molecule has 1 atom stereocenters. The third kappa shape index (κ3) is 2.84. The van der Waals surface area contributed by atoms with Crippen molar-refractivity contribution in [3.05, 3.63) is 30.1 Å². The summed E-state index contributed by atoms with van der Waals surface area (Å²) in [6, 6.07) is 5.74. The highest BCUT2D eigenvalue weighted by molar-refractivity contribution is 5.78. The fraction of sp³-hybridized carbons (Fsp3) is 0.571. The summed E-state index contributed by atoms with van der Waals surface area (Å²) in [7, 11) is 0. The Morgan fingerprint density at radius 2 is 2.24 bits per heavy atom. The molecule has 1 heterocycles. The number of rotatable bonds is 4. The summed E-state index contributed by atoms with van der Waals surface area (Å²) >= 11 is 0. The molecule has 1 aromatic rings. The van der Waals surface area contributed by atoms with Crippen LogP contribution in [0.1, 0.15) is 44.2 Å². The number of ether oxygens (including phenoxy) is 1. The van der Waals surface area contributed by atoms with Gasteiger partial charge in [0, 0.05) is 6.20 Å². The zero-order valence-corrected chi connectivity index (χ0v) is 10.3. The summed E-state index contributed by atoms with van der Waals surface area (Å²) in [4.78, 5) is 16.4. The SMILES string of the molecule is CCOC(=O)C(c1ccccn1)C1CCCC1. The van der Waals surface area contributed by atoms with Gasteiger partial charge in [0.15, 0.2) is 0 Å². The van der Waals surface area contributed by atoms with E-state index >= 15 is 0 Å². The van der Waals surface area contributed by atoms with Crippen LogP contribution in [0.15, 0.2) is 24.4 Å². The van der Waals surface area contributed by atoms with Gasteiger partial charge < -0.3 is 4.74 Å². The molecular weight excluding hydrogens is 214 g/mol. The fourth-order valence-electron chi connectivity index (χ4n) is 2.64. The molecule has 0 N–H and O–H groups in total. The van der Waals surface area contributed by atoms with E-state index < -0.39 is 0 Å². The average Bonchev–Trinajstić information content (AvgIpc) is 2.85. The minimum absolute atomic E-state index is 0.113. The first-order chi connectivity index (χ1) is 8.33. The molecule has 0 amide bonds. The Hall–Kier alpha value is -1.38. The van der Waals surface area contributed by atoms with Crippen LogP contribution in [-0.2, 0) is 9.53 Å². The molecule has 0 aromatic carbocycles. The molecule has 0 aliphatic heterocycles. The van der Waals surface area contributed by atoms with Crippen molar-refractivity contribution in [1.82, 2.24) is 4.98 Å². The van der Waals surface area contributed by atoms with Crippen molar-refractivity contribution in [2.24, 2.45) is 5.92 Å². The summed E-state index contributed by atoms with van der Waals surface area (Å²) in [5.41, 5.74) is 0.859. The second-order valence-electron chi connectivity index (χ2n) is 4.53. The van der Waals surface area contributed by atoms with E-state index in [1.165, 1.54) is 12.8 Å². The van der Waals surface area contributed by atoms with Crippen LogP contribution in [0.25, 0.3) is 0 Å². The molecule has 1 aliphatic carbocycles. The molecule has 0 radical (unpaired) electrons. The van der Waals surface area contributed by atoms with Gasteiger partial charge in [-0.3, -0.25) is 9.78 Å². The van der Waals surface area contributed by atoms with Crippen molar-refractivity contribution in [3.63, 3.8) is 0 Å². The first-order valence-corrected chi connectivity index (χ1v) is 6.40. The van der Waals surface area contributed by atoms with E-state index in [1.54, 1.807) is 6.20 Å². The molecular formula is C14H19NO2. The number of esters is 1. The van der Waals surface area contributed by atoms with Gasteiger partial charge in [-0.25, -0.2) is 0 Å². The zero-order chi connectivity index (χ0) is 12.1. The second-order valence-corrected chi connectivity index (χ2v) is 4.53. The number of carbonyl (C=O) groups is 1. The predicted molar refractivity (Wildman–Crippen MR) is 65.6 cm³/mol. The first-order valence-electron chi connectivity index (χ1n) is 6.40. The zero-order valence-electron chi connectivity index (χ0n) is 10.3. The molecule has 3 heteroatoms. The van der Waals surface area contributed by atoms with Crippen molar-refractivity contribution < 1.29 is 9.53 Å². The van der Waals surface area contributed by atoms with Gasteiger partial charge in [-0.05, 0) is 37.8 Å². The summed E-state index contributed by atoms with van der Waals surface area (Å²) < 4.78 is 5.19. The van der Waals surface area contributed by atoms with Crippen LogP contribution < -0.4 is 0 Å². The first kappa shape index (κ1) is 12.1. The van der Waals surface area contributed by atoms with Crippen LogP contribution in [0.3, 0.4) is 0 Å². The Morgan fingerprint density at radius 1 is 1.47 bits per heavy atom. The molecule has 1 unspecified atom stereocenters. The van der Waals surface area contributed by atoms with Crippen molar-refractivity contribution >= 4 is 5.97 Å². The van der Waals surface area contributed by atoms with Crippen LogP contribution in [-0.4, -0.2) is 17.6 Å². The maximum Gasteiger partial charge on any atom is 0.315 e. The monoisotopic (exact) mass is 233 g/mol. The summed E-state index contributed by atoms with van der Waals surface area (Å²) in [6.07, 6.45) is 6.40. The lowest BCUT2D eigenvalue weighted by molar-refractivity contribution is -0.146.